The van der Waals surface area contributed by atoms with Gasteiger partial charge in [-0.3, -0.25) is 10.1 Å². The molecule has 0 radical (unpaired) electrons. The largest absolute Gasteiger partial charge is 0.385 e. The van der Waals surface area contributed by atoms with Gasteiger partial charge in [0.05, 0.1) is 4.92 Å². The molecule has 0 heterocycles. The fourth-order valence-electron chi connectivity index (χ4n) is 1.21. The summed E-state index contributed by atoms with van der Waals surface area (Å²) in [5, 5.41) is 22.4. The third-order valence-corrected chi connectivity index (χ3v) is 1.99. The maximum absolute atomic E-state index is 10.6. The van der Waals surface area contributed by atoms with E-state index in [0.717, 1.165) is 6.42 Å². The second-order valence-electron chi connectivity index (χ2n) is 3.10. The molecule has 0 spiro atoms. The molecule has 0 unspecified atom stereocenters. The van der Waals surface area contributed by atoms with Crippen molar-refractivity contribution in [1.29, 1.82) is 5.26 Å². The Hall–Kier alpha value is -2.35. The van der Waals surface area contributed by atoms with E-state index in [0.29, 0.717) is 12.2 Å². The highest BCUT2D eigenvalue weighted by Crippen LogP contribution is 2.21. The summed E-state index contributed by atoms with van der Waals surface area (Å²) in [4.78, 5) is 10.0. The molecule has 1 N–H and O–H groups in total. The third kappa shape index (κ3) is 2.82. The van der Waals surface area contributed by atoms with Gasteiger partial charge in [-0.2, -0.15) is 5.26 Å². The Morgan fingerprint density at radius 2 is 2.38 bits per heavy atom. The summed E-state index contributed by atoms with van der Waals surface area (Å²) >= 11 is 0. The predicted octanol–water partition coefficient (Wildman–Crippen LogP) is 2.45. The minimum Gasteiger partial charge on any atom is -0.385 e. The molecule has 1 aromatic carbocycles. The average Bonchev–Trinajstić information content (AvgIpc) is 2.29. The lowest BCUT2D eigenvalue weighted by molar-refractivity contribution is -0.385. The topological polar surface area (TPSA) is 79.0 Å². The molecular formula is C11H11N3O2. The molecule has 82 valence electrons. The van der Waals surface area contributed by atoms with Gasteiger partial charge in [0, 0.05) is 18.3 Å². The van der Waals surface area contributed by atoms with Crippen LogP contribution in [0.2, 0.25) is 0 Å². The van der Waals surface area contributed by atoms with E-state index < -0.39 is 4.92 Å². The van der Waals surface area contributed by atoms with Crippen LogP contribution in [0.25, 0.3) is 0 Å². The number of hydrogen-bond donors (Lipinski definition) is 1. The van der Waals surface area contributed by atoms with E-state index >= 15 is 0 Å². The Morgan fingerprint density at radius 1 is 1.62 bits per heavy atom. The lowest BCUT2D eigenvalue weighted by atomic mass is 10.1. The van der Waals surface area contributed by atoms with Gasteiger partial charge >= 0.3 is 0 Å². The second-order valence-corrected chi connectivity index (χ2v) is 3.10. The number of rotatable bonds is 5. The maximum atomic E-state index is 10.6. The molecule has 0 aromatic heterocycles. The summed E-state index contributed by atoms with van der Waals surface area (Å²) in [5.74, 6) is 0. The summed E-state index contributed by atoms with van der Waals surface area (Å²) in [5.41, 5.74) is 0.592. The molecule has 0 aliphatic rings. The first-order valence-corrected chi connectivity index (χ1v) is 4.72. The predicted molar refractivity (Wildman–Crippen MR) is 61.1 cm³/mol. The van der Waals surface area contributed by atoms with E-state index in [9.17, 15) is 10.1 Å². The van der Waals surface area contributed by atoms with E-state index in [1.807, 2.05) is 0 Å². The number of benzene rings is 1. The van der Waals surface area contributed by atoms with Crippen molar-refractivity contribution in [2.24, 2.45) is 0 Å². The zero-order chi connectivity index (χ0) is 12.0. The van der Waals surface area contributed by atoms with Crippen LogP contribution in [-0.2, 0) is 0 Å². The summed E-state index contributed by atoms with van der Waals surface area (Å²) < 4.78 is 0. The molecule has 0 bridgehead atoms. The molecule has 0 fully saturated rings. The highest BCUT2D eigenvalue weighted by molar-refractivity contribution is 5.58. The minimum absolute atomic E-state index is 0.0635. The Kier molecular flexibility index (Phi) is 4.04. The van der Waals surface area contributed by atoms with Crippen LogP contribution in [-0.4, -0.2) is 11.5 Å². The van der Waals surface area contributed by atoms with Crippen molar-refractivity contribution in [1.82, 2.24) is 0 Å². The van der Waals surface area contributed by atoms with Crippen LogP contribution in [0, 0.1) is 21.4 Å². The van der Waals surface area contributed by atoms with Crippen molar-refractivity contribution >= 4 is 11.4 Å². The van der Waals surface area contributed by atoms with Gasteiger partial charge in [-0.1, -0.05) is 6.08 Å². The molecule has 0 saturated heterocycles. The number of nitriles is 1. The number of nitrogens with one attached hydrogen (secondary N) is 1. The lowest BCUT2D eigenvalue weighted by Crippen LogP contribution is -2.01. The van der Waals surface area contributed by atoms with Crippen LogP contribution in [0.5, 0.6) is 0 Å². The minimum atomic E-state index is -0.563. The van der Waals surface area contributed by atoms with Crippen molar-refractivity contribution in [2.45, 2.75) is 6.42 Å². The van der Waals surface area contributed by atoms with Gasteiger partial charge in [0.1, 0.15) is 11.6 Å². The Balaban J connectivity index is 2.88. The zero-order valence-electron chi connectivity index (χ0n) is 8.64. The fraction of sp³-hybridized carbons (Fsp3) is 0.182. The molecule has 1 rings (SSSR count). The molecule has 0 saturated carbocycles. The molecule has 0 aliphatic heterocycles. The van der Waals surface area contributed by atoms with Gasteiger partial charge in [0.15, 0.2) is 0 Å². The van der Waals surface area contributed by atoms with Gasteiger partial charge in [-0.15, -0.1) is 6.58 Å². The van der Waals surface area contributed by atoms with Gasteiger partial charge in [0.2, 0.25) is 0 Å². The SMILES string of the molecule is C=CCCNc1ccc([N+](=O)[O-])c(C#N)c1. The lowest BCUT2D eigenvalue weighted by Gasteiger charge is -2.04. The van der Waals surface area contributed by atoms with Crippen LogP contribution in [0.3, 0.4) is 0 Å². The first kappa shape index (κ1) is 11.7. The van der Waals surface area contributed by atoms with Crippen LogP contribution in [0.4, 0.5) is 11.4 Å². The smallest absolute Gasteiger partial charge is 0.287 e. The van der Waals surface area contributed by atoms with Crippen molar-refractivity contribution in [3.8, 4) is 6.07 Å². The summed E-state index contributed by atoms with van der Waals surface area (Å²) in [7, 11) is 0. The second kappa shape index (κ2) is 5.51. The molecule has 5 nitrogen and oxygen atoms in total. The highest BCUT2D eigenvalue weighted by Gasteiger charge is 2.13. The highest BCUT2D eigenvalue weighted by atomic mass is 16.6. The van der Waals surface area contributed by atoms with Gasteiger partial charge in [-0.25, -0.2) is 0 Å². The normalized spacial score (nSPS) is 9.19. The van der Waals surface area contributed by atoms with E-state index in [2.05, 4.69) is 11.9 Å². The molecule has 5 heteroatoms. The first-order chi connectivity index (χ1) is 7.69. The number of nitro groups is 1. The van der Waals surface area contributed by atoms with Gasteiger partial charge in [0.25, 0.3) is 5.69 Å². The van der Waals surface area contributed by atoms with Crippen LogP contribution in [0.15, 0.2) is 30.9 Å². The standard InChI is InChI=1S/C11H11N3O2/c1-2-3-6-13-10-4-5-11(14(15)16)9(7-10)8-12/h2,4-5,7,13H,1,3,6H2. The summed E-state index contributed by atoms with van der Waals surface area (Å²) in [6.07, 6.45) is 2.56. The first-order valence-electron chi connectivity index (χ1n) is 4.72. The van der Waals surface area contributed by atoms with E-state index in [-0.39, 0.29) is 11.3 Å². The zero-order valence-corrected chi connectivity index (χ0v) is 8.64. The van der Waals surface area contributed by atoms with Crippen molar-refractivity contribution in [3.63, 3.8) is 0 Å². The van der Waals surface area contributed by atoms with Crippen LogP contribution < -0.4 is 5.32 Å². The number of anilines is 1. The Bertz CT molecular complexity index is 449. The monoisotopic (exact) mass is 217 g/mol. The summed E-state index contributed by atoms with van der Waals surface area (Å²) in [6, 6.07) is 6.19. The van der Waals surface area contributed by atoms with Crippen molar-refractivity contribution in [2.75, 3.05) is 11.9 Å². The molecular weight excluding hydrogens is 206 g/mol. The molecule has 1 aromatic rings. The third-order valence-electron chi connectivity index (χ3n) is 1.99. The van der Waals surface area contributed by atoms with Crippen LogP contribution in [0.1, 0.15) is 12.0 Å². The maximum Gasteiger partial charge on any atom is 0.287 e. The number of nitrogens with zero attached hydrogens (tertiary/aromatic N) is 2. The Morgan fingerprint density at radius 3 is 2.94 bits per heavy atom. The van der Waals surface area contributed by atoms with E-state index in [1.165, 1.54) is 12.1 Å². The van der Waals surface area contributed by atoms with E-state index in [4.69, 9.17) is 5.26 Å². The average molecular weight is 217 g/mol. The molecule has 0 aliphatic carbocycles. The van der Waals surface area contributed by atoms with E-state index in [1.54, 1.807) is 18.2 Å². The van der Waals surface area contributed by atoms with Crippen molar-refractivity contribution < 1.29 is 4.92 Å². The van der Waals surface area contributed by atoms with Crippen LogP contribution >= 0.6 is 0 Å². The molecule has 16 heavy (non-hydrogen) atoms. The van der Waals surface area contributed by atoms with Gasteiger partial charge < -0.3 is 5.32 Å². The molecule has 0 atom stereocenters. The quantitative estimate of drug-likeness (QED) is 0.355. The summed E-state index contributed by atoms with van der Waals surface area (Å²) in [6.45, 7) is 4.27. The molecule has 0 amide bonds. The number of hydrogen-bond acceptors (Lipinski definition) is 4. The fourth-order valence-corrected chi connectivity index (χ4v) is 1.21. The van der Waals surface area contributed by atoms with Gasteiger partial charge in [-0.05, 0) is 18.6 Å². The van der Waals surface area contributed by atoms with Crippen molar-refractivity contribution in [3.05, 3.63) is 46.5 Å². The Labute approximate surface area is 93.2 Å². The number of nitro benzene ring substituents is 1.